The molecule has 1 aliphatic carbocycles. The van der Waals surface area contributed by atoms with Gasteiger partial charge >= 0.3 is 0 Å². The van der Waals surface area contributed by atoms with Crippen LogP contribution < -0.4 is 5.43 Å². The summed E-state index contributed by atoms with van der Waals surface area (Å²) >= 11 is 0. The summed E-state index contributed by atoms with van der Waals surface area (Å²) in [5, 5.41) is 0.252. The summed E-state index contributed by atoms with van der Waals surface area (Å²) in [5.74, 6) is -0.841. The zero-order valence-electron chi connectivity index (χ0n) is 11.5. The van der Waals surface area contributed by atoms with E-state index in [0.717, 1.165) is 0 Å². The number of fused-ring (bicyclic) bond motifs is 3. The van der Waals surface area contributed by atoms with Gasteiger partial charge in [-0.05, 0) is 11.6 Å². The van der Waals surface area contributed by atoms with Gasteiger partial charge in [-0.2, -0.15) is 0 Å². The van der Waals surface area contributed by atoms with E-state index < -0.39 is 5.78 Å². The quantitative estimate of drug-likeness (QED) is 0.645. The van der Waals surface area contributed by atoms with Crippen molar-refractivity contribution < 1.29 is 14.0 Å². The van der Waals surface area contributed by atoms with E-state index in [4.69, 9.17) is 4.42 Å². The van der Waals surface area contributed by atoms with Crippen molar-refractivity contribution in [2.75, 3.05) is 0 Å². The Morgan fingerprint density at radius 3 is 2.36 bits per heavy atom. The van der Waals surface area contributed by atoms with Crippen LogP contribution >= 0.6 is 0 Å². The molecule has 0 radical (unpaired) electrons. The van der Waals surface area contributed by atoms with E-state index in [0.29, 0.717) is 5.56 Å². The Kier molecular flexibility index (Phi) is 2.60. The zero-order chi connectivity index (χ0) is 15.3. The Morgan fingerprint density at radius 2 is 1.59 bits per heavy atom. The predicted molar refractivity (Wildman–Crippen MR) is 81.2 cm³/mol. The third-order valence-corrected chi connectivity index (χ3v) is 3.86. The highest BCUT2D eigenvalue weighted by Crippen LogP contribution is 2.30. The lowest BCUT2D eigenvalue weighted by atomic mass is 9.91. The predicted octanol–water partition coefficient (Wildman–Crippen LogP) is 3.23. The van der Waals surface area contributed by atoms with Gasteiger partial charge in [0.05, 0.1) is 17.4 Å². The summed E-state index contributed by atoms with van der Waals surface area (Å²) < 4.78 is 5.67. The maximum Gasteiger partial charge on any atom is 0.206 e. The van der Waals surface area contributed by atoms with Crippen LogP contribution in [0.25, 0.3) is 22.1 Å². The van der Waals surface area contributed by atoms with Gasteiger partial charge < -0.3 is 4.42 Å². The molecule has 106 valence electrons. The molecule has 1 aromatic heterocycles. The minimum absolute atomic E-state index is 0.0334. The van der Waals surface area contributed by atoms with Crippen molar-refractivity contribution in [3.8, 4) is 11.1 Å². The van der Waals surface area contributed by atoms with Crippen LogP contribution in [0.3, 0.4) is 0 Å². The topological polar surface area (TPSA) is 64.3 Å². The first kappa shape index (κ1) is 12.7. The van der Waals surface area contributed by atoms with Gasteiger partial charge in [0.2, 0.25) is 11.2 Å². The number of rotatable bonds is 1. The number of hydrogen-bond acceptors (Lipinski definition) is 4. The van der Waals surface area contributed by atoms with Crippen LogP contribution in [0.15, 0.2) is 57.7 Å². The average Bonchev–Trinajstić information content (AvgIpc) is 2.54. The molecule has 0 spiro atoms. The molecular formula is C18H10O4. The number of carbonyl (C=O) groups excluding carboxylic acids is 2. The third-order valence-electron chi connectivity index (χ3n) is 3.86. The molecule has 1 aliphatic heterocycles. The largest absolute Gasteiger partial charge is 0.452 e. The second-order valence-corrected chi connectivity index (χ2v) is 5.20. The molecular weight excluding hydrogens is 280 g/mol. The standard InChI is InChI=1S/C18H10O4/c19-12-9-13(20)18-15(10-5-2-1-3-6-10)17(21)16-11(12)7-4-8-14(16)22-18/h1-8H,9H2. The lowest BCUT2D eigenvalue weighted by molar-refractivity contribution is 0.0877. The second-order valence-electron chi connectivity index (χ2n) is 5.20. The third kappa shape index (κ3) is 1.67. The highest BCUT2D eigenvalue weighted by atomic mass is 16.3. The van der Waals surface area contributed by atoms with Gasteiger partial charge in [0.25, 0.3) is 0 Å². The molecule has 0 unspecified atom stereocenters. The van der Waals surface area contributed by atoms with Crippen LogP contribution in [0.4, 0.5) is 0 Å². The normalized spacial score (nSPS) is 13.6. The van der Waals surface area contributed by atoms with Gasteiger partial charge in [-0.15, -0.1) is 0 Å². The molecule has 5 rings (SSSR count). The van der Waals surface area contributed by atoms with Gasteiger partial charge in [0, 0.05) is 5.56 Å². The summed E-state index contributed by atoms with van der Waals surface area (Å²) in [6.07, 6.45) is -0.282. The summed E-state index contributed by atoms with van der Waals surface area (Å²) in [6, 6.07) is 13.7. The number of hydrogen-bond donors (Lipinski definition) is 0. The molecule has 4 nitrogen and oxygen atoms in total. The first-order chi connectivity index (χ1) is 10.7. The molecule has 4 bridgehead atoms. The van der Waals surface area contributed by atoms with Crippen LogP contribution in [0.5, 0.6) is 0 Å². The number of carbonyl (C=O) groups is 2. The van der Waals surface area contributed by atoms with Crippen molar-refractivity contribution in [2.45, 2.75) is 6.42 Å². The molecule has 0 saturated carbocycles. The molecule has 0 fully saturated rings. The van der Waals surface area contributed by atoms with Gasteiger partial charge in [-0.3, -0.25) is 14.4 Å². The van der Waals surface area contributed by atoms with Gasteiger partial charge in [0.1, 0.15) is 5.58 Å². The number of benzene rings is 2. The molecule has 2 aliphatic rings. The van der Waals surface area contributed by atoms with Gasteiger partial charge in [0.15, 0.2) is 11.5 Å². The Balaban J connectivity index is 2.24. The molecule has 0 atom stereocenters. The van der Waals surface area contributed by atoms with Crippen LogP contribution in [-0.4, -0.2) is 11.6 Å². The van der Waals surface area contributed by atoms with Crippen molar-refractivity contribution in [2.24, 2.45) is 0 Å². The van der Waals surface area contributed by atoms with E-state index in [2.05, 4.69) is 0 Å². The molecule has 2 aromatic carbocycles. The maximum absolute atomic E-state index is 12.9. The fourth-order valence-corrected chi connectivity index (χ4v) is 2.86. The SMILES string of the molecule is O=C1CC(=O)c2cccc3oc1c(-c1ccccc1)c(=O)c23. The summed E-state index contributed by atoms with van der Waals surface area (Å²) in [5.41, 5.74) is 1.05. The van der Waals surface area contributed by atoms with E-state index in [-0.39, 0.29) is 45.5 Å². The highest BCUT2D eigenvalue weighted by molar-refractivity contribution is 6.20. The lowest BCUT2D eigenvalue weighted by Crippen LogP contribution is -2.21. The molecule has 2 heterocycles. The van der Waals surface area contributed by atoms with Gasteiger partial charge in [-0.1, -0.05) is 42.5 Å². The van der Waals surface area contributed by atoms with Crippen molar-refractivity contribution in [3.63, 3.8) is 0 Å². The monoisotopic (exact) mass is 290 g/mol. The Hall–Kier alpha value is -3.01. The first-order valence-corrected chi connectivity index (χ1v) is 6.88. The molecule has 22 heavy (non-hydrogen) atoms. The van der Waals surface area contributed by atoms with E-state index >= 15 is 0 Å². The minimum Gasteiger partial charge on any atom is -0.452 e. The first-order valence-electron chi connectivity index (χ1n) is 6.88. The molecule has 3 aromatic rings. The minimum atomic E-state index is -0.463. The Labute approximate surface area is 125 Å². The Morgan fingerprint density at radius 1 is 0.818 bits per heavy atom. The second kappa shape index (κ2) is 4.49. The van der Waals surface area contributed by atoms with Crippen LogP contribution in [0.2, 0.25) is 0 Å². The fourth-order valence-electron chi connectivity index (χ4n) is 2.86. The number of Topliss-reactive ketones (excluding diaryl/α,β-unsaturated/α-hetero) is 2. The van der Waals surface area contributed by atoms with Crippen molar-refractivity contribution in [1.29, 1.82) is 0 Å². The van der Waals surface area contributed by atoms with E-state index in [9.17, 15) is 14.4 Å². The van der Waals surface area contributed by atoms with Crippen LogP contribution in [0, 0.1) is 0 Å². The summed E-state index contributed by atoms with van der Waals surface area (Å²) in [7, 11) is 0. The fraction of sp³-hybridized carbons (Fsp3) is 0.0556. The smallest absolute Gasteiger partial charge is 0.206 e. The van der Waals surface area contributed by atoms with E-state index in [1.807, 2.05) is 6.07 Å². The van der Waals surface area contributed by atoms with Crippen molar-refractivity contribution >= 4 is 22.5 Å². The molecule has 0 N–H and O–H groups in total. The van der Waals surface area contributed by atoms with Gasteiger partial charge in [-0.25, -0.2) is 0 Å². The summed E-state index contributed by atoms with van der Waals surface area (Å²) in [4.78, 5) is 37.4. The van der Waals surface area contributed by atoms with E-state index in [1.165, 1.54) is 0 Å². The van der Waals surface area contributed by atoms with E-state index in [1.54, 1.807) is 42.5 Å². The maximum atomic E-state index is 12.9. The van der Waals surface area contributed by atoms with Crippen molar-refractivity contribution in [3.05, 3.63) is 70.1 Å². The molecule has 0 amide bonds. The number of ketones is 2. The molecule has 0 saturated heterocycles. The molecule has 4 heteroatoms. The van der Waals surface area contributed by atoms with Crippen molar-refractivity contribution in [1.82, 2.24) is 0 Å². The Bertz CT molecular complexity index is 997. The van der Waals surface area contributed by atoms with Crippen LogP contribution in [-0.2, 0) is 0 Å². The zero-order valence-corrected chi connectivity index (χ0v) is 11.5. The van der Waals surface area contributed by atoms with Crippen LogP contribution in [0.1, 0.15) is 27.3 Å². The summed E-state index contributed by atoms with van der Waals surface area (Å²) in [6.45, 7) is 0. The lowest BCUT2D eigenvalue weighted by Gasteiger charge is -2.14. The average molecular weight is 290 g/mol. The highest BCUT2D eigenvalue weighted by Gasteiger charge is 2.29.